The Bertz CT molecular complexity index is 526. The molecular formula is C11H12BrN5O. The smallest absolute Gasteiger partial charge is 0.227 e. The van der Waals surface area contributed by atoms with E-state index in [2.05, 4.69) is 30.9 Å². The quantitative estimate of drug-likeness (QED) is 0.372. The second-order valence-electron chi connectivity index (χ2n) is 4.25. The number of rotatable bonds is 3. The van der Waals surface area contributed by atoms with Crippen LogP contribution < -0.4 is 4.90 Å². The molecule has 0 aromatic carbocycles. The number of aromatic nitrogens is 1. The first kappa shape index (κ1) is 12.9. The Balaban J connectivity index is 2.18. The Kier molecular flexibility index (Phi) is 3.84. The number of carbonyl (C=O) groups excluding carboxylic acids is 1. The van der Waals surface area contributed by atoms with E-state index in [0.29, 0.717) is 24.1 Å². The summed E-state index contributed by atoms with van der Waals surface area (Å²) in [5.74, 6) is 0.126. The van der Waals surface area contributed by atoms with Crippen LogP contribution in [0.3, 0.4) is 0 Å². The minimum Gasteiger partial charge on any atom is -0.310 e. The van der Waals surface area contributed by atoms with E-state index in [0.717, 1.165) is 11.4 Å². The molecule has 0 bridgehead atoms. The number of aryl methyl sites for hydroxylation is 1. The molecule has 18 heavy (non-hydrogen) atoms. The van der Waals surface area contributed by atoms with Crippen molar-refractivity contribution in [2.24, 2.45) is 11.0 Å². The Hall–Kier alpha value is -1.59. The number of carbonyl (C=O) groups is 1. The lowest BCUT2D eigenvalue weighted by Gasteiger charge is -2.17. The van der Waals surface area contributed by atoms with Gasteiger partial charge in [0.05, 0.1) is 5.69 Å². The molecule has 2 rings (SSSR count). The fourth-order valence-electron chi connectivity index (χ4n) is 2.01. The molecule has 6 nitrogen and oxygen atoms in total. The molecule has 0 aliphatic carbocycles. The summed E-state index contributed by atoms with van der Waals surface area (Å²) < 4.78 is 0.667. The highest BCUT2D eigenvalue weighted by Crippen LogP contribution is 2.30. The van der Waals surface area contributed by atoms with Crippen molar-refractivity contribution < 1.29 is 4.79 Å². The molecule has 1 aliphatic rings. The number of nitrogens with zero attached hydrogens (tertiary/aromatic N) is 5. The summed E-state index contributed by atoms with van der Waals surface area (Å²) in [4.78, 5) is 20.6. The molecule has 0 N–H and O–H groups in total. The predicted octanol–water partition coefficient (Wildman–Crippen LogP) is 2.82. The van der Waals surface area contributed by atoms with Crippen LogP contribution in [-0.4, -0.2) is 24.0 Å². The Morgan fingerprint density at radius 2 is 2.44 bits per heavy atom. The van der Waals surface area contributed by atoms with E-state index in [4.69, 9.17) is 5.53 Å². The highest BCUT2D eigenvalue weighted by Gasteiger charge is 2.31. The van der Waals surface area contributed by atoms with Gasteiger partial charge in [-0.3, -0.25) is 4.79 Å². The second-order valence-corrected chi connectivity index (χ2v) is 5.00. The molecule has 1 amide bonds. The first-order valence-corrected chi connectivity index (χ1v) is 6.35. The van der Waals surface area contributed by atoms with Gasteiger partial charge in [-0.05, 0) is 46.4 Å². The minimum atomic E-state index is 0.0412. The topological polar surface area (TPSA) is 82.0 Å². The van der Waals surface area contributed by atoms with Crippen molar-refractivity contribution >= 4 is 27.5 Å². The molecule has 1 aromatic rings. The number of hydrogen-bond donors (Lipinski definition) is 0. The van der Waals surface area contributed by atoms with Crippen LogP contribution in [0.15, 0.2) is 21.9 Å². The third-order valence-electron chi connectivity index (χ3n) is 2.87. The van der Waals surface area contributed by atoms with E-state index in [1.807, 2.05) is 19.1 Å². The van der Waals surface area contributed by atoms with Crippen molar-refractivity contribution in [3.8, 4) is 0 Å². The van der Waals surface area contributed by atoms with Gasteiger partial charge < -0.3 is 4.90 Å². The fourth-order valence-corrected chi connectivity index (χ4v) is 2.63. The van der Waals surface area contributed by atoms with Gasteiger partial charge in [-0.25, -0.2) is 4.98 Å². The Labute approximate surface area is 113 Å². The van der Waals surface area contributed by atoms with E-state index in [-0.39, 0.29) is 11.8 Å². The highest BCUT2D eigenvalue weighted by molar-refractivity contribution is 9.10. The average molecular weight is 310 g/mol. The van der Waals surface area contributed by atoms with Crippen molar-refractivity contribution in [3.63, 3.8) is 0 Å². The molecule has 1 aromatic heterocycles. The molecule has 7 heteroatoms. The monoisotopic (exact) mass is 309 g/mol. The van der Waals surface area contributed by atoms with Crippen LogP contribution in [-0.2, 0) is 4.79 Å². The van der Waals surface area contributed by atoms with Crippen molar-refractivity contribution in [1.29, 1.82) is 0 Å². The Morgan fingerprint density at radius 1 is 1.67 bits per heavy atom. The third-order valence-corrected chi connectivity index (χ3v) is 3.45. The minimum absolute atomic E-state index is 0.0412. The van der Waals surface area contributed by atoms with Gasteiger partial charge in [0.25, 0.3) is 0 Å². The maximum absolute atomic E-state index is 11.9. The van der Waals surface area contributed by atoms with Crippen LogP contribution in [0.25, 0.3) is 10.4 Å². The first-order valence-electron chi connectivity index (χ1n) is 5.56. The molecule has 94 valence electrons. The second kappa shape index (κ2) is 5.37. The number of hydrogen-bond acceptors (Lipinski definition) is 3. The van der Waals surface area contributed by atoms with Gasteiger partial charge >= 0.3 is 0 Å². The molecule has 1 atom stereocenters. The summed E-state index contributed by atoms with van der Waals surface area (Å²) in [6.45, 7) is 2.82. The predicted molar refractivity (Wildman–Crippen MR) is 71.1 cm³/mol. The van der Waals surface area contributed by atoms with Crippen LogP contribution in [0, 0.1) is 12.8 Å². The zero-order valence-corrected chi connectivity index (χ0v) is 11.5. The van der Waals surface area contributed by atoms with E-state index >= 15 is 0 Å². The zero-order chi connectivity index (χ0) is 13.1. The Morgan fingerprint density at radius 3 is 3.11 bits per heavy atom. The maximum Gasteiger partial charge on any atom is 0.227 e. The molecule has 2 heterocycles. The molecule has 1 aliphatic heterocycles. The van der Waals surface area contributed by atoms with E-state index < -0.39 is 0 Å². The van der Waals surface area contributed by atoms with Crippen LogP contribution in [0.2, 0.25) is 0 Å². The number of halogens is 1. The summed E-state index contributed by atoms with van der Waals surface area (Å²) in [6, 6.07) is 3.74. The van der Waals surface area contributed by atoms with Crippen molar-refractivity contribution in [2.45, 2.75) is 13.3 Å². The molecule has 0 saturated carbocycles. The van der Waals surface area contributed by atoms with Gasteiger partial charge in [-0.15, -0.1) is 0 Å². The summed E-state index contributed by atoms with van der Waals surface area (Å²) >= 11 is 3.37. The lowest BCUT2D eigenvalue weighted by Crippen LogP contribution is -2.25. The van der Waals surface area contributed by atoms with Crippen molar-refractivity contribution in [3.05, 3.63) is 32.9 Å². The van der Waals surface area contributed by atoms with Gasteiger partial charge in [0.1, 0.15) is 4.60 Å². The van der Waals surface area contributed by atoms with Crippen molar-refractivity contribution in [1.82, 2.24) is 4.98 Å². The molecule has 1 fully saturated rings. The van der Waals surface area contributed by atoms with E-state index in [1.54, 1.807) is 4.90 Å². The number of amides is 1. The van der Waals surface area contributed by atoms with Crippen LogP contribution in [0.5, 0.6) is 0 Å². The molecule has 0 spiro atoms. The first-order chi connectivity index (χ1) is 8.61. The summed E-state index contributed by atoms with van der Waals surface area (Å²) in [5.41, 5.74) is 9.96. The van der Waals surface area contributed by atoms with Crippen LogP contribution in [0.1, 0.15) is 12.1 Å². The fraction of sp³-hybridized carbons (Fsp3) is 0.455. The highest BCUT2D eigenvalue weighted by atomic mass is 79.9. The standard InChI is InChI=1S/C11H12BrN5O/c1-7-2-3-9(11(12)15-7)17-6-8(4-10(17)18)5-14-16-13/h2-3,8H,4-6H2,1H3. The number of pyridine rings is 1. The number of azide groups is 1. The summed E-state index contributed by atoms with van der Waals surface area (Å²) in [7, 11) is 0. The molecule has 0 radical (unpaired) electrons. The van der Waals surface area contributed by atoms with Gasteiger partial charge in [-0.2, -0.15) is 0 Å². The average Bonchev–Trinajstić information content (AvgIpc) is 2.68. The maximum atomic E-state index is 11.9. The molecular weight excluding hydrogens is 298 g/mol. The lowest BCUT2D eigenvalue weighted by molar-refractivity contribution is -0.117. The lowest BCUT2D eigenvalue weighted by atomic mass is 10.1. The van der Waals surface area contributed by atoms with Gasteiger partial charge in [0.2, 0.25) is 5.91 Å². The van der Waals surface area contributed by atoms with Gasteiger partial charge in [-0.1, -0.05) is 5.11 Å². The summed E-state index contributed by atoms with van der Waals surface area (Å²) in [5, 5.41) is 3.53. The number of anilines is 1. The van der Waals surface area contributed by atoms with Gasteiger partial charge in [0, 0.05) is 30.1 Å². The summed E-state index contributed by atoms with van der Waals surface area (Å²) in [6.07, 6.45) is 0.416. The zero-order valence-electron chi connectivity index (χ0n) is 9.88. The molecule has 1 saturated heterocycles. The third kappa shape index (κ3) is 2.63. The SMILES string of the molecule is Cc1ccc(N2CC(CN=[N+]=[N-])CC2=O)c(Br)n1. The van der Waals surface area contributed by atoms with Crippen LogP contribution >= 0.6 is 15.9 Å². The van der Waals surface area contributed by atoms with E-state index in [1.165, 1.54) is 0 Å². The van der Waals surface area contributed by atoms with E-state index in [9.17, 15) is 4.79 Å². The van der Waals surface area contributed by atoms with Crippen molar-refractivity contribution in [2.75, 3.05) is 18.0 Å². The van der Waals surface area contributed by atoms with Gasteiger partial charge in [0.15, 0.2) is 0 Å². The molecule has 1 unspecified atom stereocenters. The normalized spacial score (nSPS) is 18.9. The largest absolute Gasteiger partial charge is 0.310 e. The van der Waals surface area contributed by atoms with Crippen LogP contribution in [0.4, 0.5) is 5.69 Å².